The van der Waals surface area contributed by atoms with Crippen LogP contribution in [0.5, 0.6) is 0 Å². The van der Waals surface area contributed by atoms with E-state index in [4.69, 9.17) is 10.3 Å². The number of amides is 3. The molecule has 0 unspecified atom stereocenters. The molecule has 2 aromatic carbocycles. The van der Waals surface area contributed by atoms with Crippen LogP contribution in [0, 0.1) is 0 Å². The molecule has 12 heteroatoms. The zero-order valence-electron chi connectivity index (χ0n) is 19.2. The van der Waals surface area contributed by atoms with Crippen LogP contribution in [-0.2, 0) is 32.1 Å². The number of alkyl carbamates (subject to hydrolysis) is 1. The summed E-state index contributed by atoms with van der Waals surface area (Å²) in [7, 11) is 0. The number of azide groups is 1. The first kappa shape index (κ1) is 26.7. The van der Waals surface area contributed by atoms with Crippen molar-refractivity contribution < 1.29 is 29.0 Å². The van der Waals surface area contributed by atoms with Crippen molar-refractivity contribution in [1.82, 2.24) is 16.0 Å². The van der Waals surface area contributed by atoms with E-state index in [0.717, 1.165) is 5.56 Å². The van der Waals surface area contributed by atoms with Crippen molar-refractivity contribution in [1.29, 1.82) is 0 Å². The highest BCUT2D eigenvalue weighted by molar-refractivity contribution is 5.92. The fraction of sp³-hybridized carbons (Fsp3) is 0.304. The van der Waals surface area contributed by atoms with Gasteiger partial charge in [0.2, 0.25) is 11.8 Å². The number of carboxylic acid groups (broad SMARTS) is 1. The predicted molar refractivity (Wildman–Crippen MR) is 125 cm³/mol. The number of benzene rings is 2. The molecule has 184 valence electrons. The lowest BCUT2D eigenvalue weighted by Gasteiger charge is -2.21. The number of carbonyl (C=O) groups is 4. The molecule has 0 aliphatic rings. The van der Waals surface area contributed by atoms with Crippen molar-refractivity contribution in [3.63, 3.8) is 0 Å². The molecule has 2 aromatic rings. The van der Waals surface area contributed by atoms with Crippen LogP contribution < -0.4 is 16.0 Å². The molecule has 0 radical (unpaired) electrons. The van der Waals surface area contributed by atoms with Crippen LogP contribution in [-0.4, -0.2) is 47.1 Å². The summed E-state index contributed by atoms with van der Waals surface area (Å²) in [6.45, 7) is 2.84. The SMILES string of the molecule is C[C@H](NC(=O)OCc1ccccc1)C(=O)N[C@@H](C)C(=O)N[C@@H](Cc1ccc(N=[N+]=[N-])cc1)C(=O)O. The second-order valence-corrected chi connectivity index (χ2v) is 7.62. The number of carbonyl (C=O) groups excluding carboxylic acids is 3. The Morgan fingerprint density at radius 1 is 0.914 bits per heavy atom. The summed E-state index contributed by atoms with van der Waals surface area (Å²) >= 11 is 0. The second kappa shape index (κ2) is 13.2. The number of hydrogen-bond donors (Lipinski definition) is 4. The highest BCUT2D eigenvalue weighted by Crippen LogP contribution is 2.14. The van der Waals surface area contributed by atoms with Gasteiger partial charge in [-0.3, -0.25) is 9.59 Å². The molecular weight excluding hydrogens is 456 g/mol. The zero-order chi connectivity index (χ0) is 25.8. The molecule has 0 spiro atoms. The fourth-order valence-corrected chi connectivity index (χ4v) is 2.89. The van der Waals surface area contributed by atoms with Crippen LogP contribution in [0.15, 0.2) is 59.7 Å². The highest BCUT2D eigenvalue weighted by Gasteiger charge is 2.26. The molecule has 4 N–H and O–H groups in total. The molecular formula is C23H26N6O6. The molecule has 12 nitrogen and oxygen atoms in total. The first-order chi connectivity index (χ1) is 16.7. The Kier molecular flexibility index (Phi) is 10.1. The molecule has 3 amide bonds. The largest absolute Gasteiger partial charge is 0.480 e. The van der Waals surface area contributed by atoms with Gasteiger partial charge in [-0.1, -0.05) is 59.7 Å². The van der Waals surface area contributed by atoms with Crippen LogP contribution in [0.25, 0.3) is 10.4 Å². The van der Waals surface area contributed by atoms with E-state index in [1.54, 1.807) is 36.4 Å². The van der Waals surface area contributed by atoms with Gasteiger partial charge in [-0.15, -0.1) is 0 Å². The van der Waals surface area contributed by atoms with Gasteiger partial charge in [0.25, 0.3) is 0 Å². The summed E-state index contributed by atoms with van der Waals surface area (Å²) in [4.78, 5) is 51.0. The molecule has 0 aliphatic heterocycles. The van der Waals surface area contributed by atoms with E-state index < -0.39 is 42.0 Å². The Morgan fingerprint density at radius 2 is 1.51 bits per heavy atom. The number of hydrogen-bond acceptors (Lipinski definition) is 6. The lowest BCUT2D eigenvalue weighted by Crippen LogP contribution is -2.54. The van der Waals surface area contributed by atoms with E-state index in [-0.39, 0.29) is 13.0 Å². The minimum atomic E-state index is -1.26. The summed E-state index contributed by atoms with van der Waals surface area (Å²) in [5.41, 5.74) is 10.2. The van der Waals surface area contributed by atoms with E-state index in [0.29, 0.717) is 11.3 Å². The first-order valence-corrected chi connectivity index (χ1v) is 10.6. The standard InChI is InChI=1S/C23H26N6O6/c1-14(25-20(30)15(2)26-23(34)35-13-17-6-4-3-5-7-17)21(31)27-19(22(32)33)12-16-8-10-18(11-9-16)28-29-24/h3-11,14-15,19H,12-13H2,1-2H3,(H,25,30)(H,26,34)(H,27,31)(H,32,33)/t14-,15-,19-/m0/s1. The summed E-state index contributed by atoms with van der Waals surface area (Å²) in [6.07, 6.45) is -0.824. The lowest BCUT2D eigenvalue weighted by atomic mass is 10.1. The van der Waals surface area contributed by atoms with Gasteiger partial charge >= 0.3 is 12.1 Å². The maximum absolute atomic E-state index is 12.5. The Labute approximate surface area is 201 Å². The van der Waals surface area contributed by atoms with Gasteiger partial charge in [0.05, 0.1) is 0 Å². The quantitative estimate of drug-likeness (QED) is 0.217. The summed E-state index contributed by atoms with van der Waals surface area (Å²) in [6, 6.07) is 11.9. The van der Waals surface area contributed by atoms with E-state index in [2.05, 4.69) is 26.0 Å². The lowest BCUT2D eigenvalue weighted by molar-refractivity contribution is -0.142. The van der Waals surface area contributed by atoms with Gasteiger partial charge in [0, 0.05) is 17.0 Å². The number of nitrogens with one attached hydrogen (secondary N) is 3. The smallest absolute Gasteiger partial charge is 0.408 e. The molecule has 3 atom stereocenters. The van der Waals surface area contributed by atoms with E-state index >= 15 is 0 Å². The first-order valence-electron chi connectivity index (χ1n) is 10.6. The molecule has 0 aromatic heterocycles. The van der Waals surface area contributed by atoms with E-state index in [1.165, 1.54) is 26.0 Å². The van der Waals surface area contributed by atoms with Gasteiger partial charge in [-0.05, 0) is 30.5 Å². The number of aliphatic carboxylic acids is 1. The van der Waals surface area contributed by atoms with Gasteiger partial charge in [0.15, 0.2) is 0 Å². The third-order valence-electron chi connectivity index (χ3n) is 4.84. The Bertz CT molecular complexity index is 1090. The minimum absolute atomic E-state index is 0.0243. The third kappa shape index (κ3) is 9.06. The van der Waals surface area contributed by atoms with E-state index in [1.807, 2.05) is 6.07 Å². The van der Waals surface area contributed by atoms with Gasteiger partial charge in [-0.25, -0.2) is 9.59 Å². The maximum Gasteiger partial charge on any atom is 0.408 e. The number of carboxylic acids is 1. The van der Waals surface area contributed by atoms with Gasteiger partial charge < -0.3 is 25.8 Å². The van der Waals surface area contributed by atoms with E-state index in [9.17, 15) is 24.3 Å². The Balaban J connectivity index is 1.84. The monoisotopic (exact) mass is 482 g/mol. The van der Waals surface area contributed by atoms with Crippen LogP contribution in [0.2, 0.25) is 0 Å². The van der Waals surface area contributed by atoms with Crippen molar-refractivity contribution in [2.45, 2.75) is 45.0 Å². The van der Waals surface area contributed by atoms with Crippen molar-refractivity contribution >= 4 is 29.6 Å². The van der Waals surface area contributed by atoms with Crippen molar-refractivity contribution in [2.75, 3.05) is 0 Å². The molecule has 2 rings (SSSR count). The molecule has 0 bridgehead atoms. The molecule has 0 saturated carbocycles. The zero-order valence-corrected chi connectivity index (χ0v) is 19.2. The van der Waals surface area contributed by atoms with Crippen molar-refractivity contribution in [3.05, 3.63) is 76.2 Å². The minimum Gasteiger partial charge on any atom is -0.480 e. The maximum atomic E-state index is 12.5. The average Bonchev–Trinajstić information content (AvgIpc) is 2.84. The normalized spacial score (nSPS) is 12.7. The average molecular weight is 482 g/mol. The summed E-state index contributed by atoms with van der Waals surface area (Å²) < 4.78 is 5.06. The Morgan fingerprint density at radius 3 is 2.11 bits per heavy atom. The topological polar surface area (TPSA) is 183 Å². The van der Waals surface area contributed by atoms with Crippen molar-refractivity contribution in [2.24, 2.45) is 5.11 Å². The molecule has 0 fully saturated rings. The summed E-state index contributed by atoms with van der Waals surface area (Å²) in [5.74, 6) is -2.62. The predicted octanol–water partition coefficient (Wildman–Crippen LogP) is 2.56. The summed E-state index contributed by atoms with van der Waals surface area (Å²) in [5, 5.41) is 20.1. The Hall–Kier alpha value is -4.57. The molecule has 0 heterocycles. The van der Waals surface area contributed by atoms with Crippen LogP contribution >= 0.6 is 0 Å². The second-order valence-electron chi connectivity index (χ2n) is 7.62. The van der Waals surface area contributed by atoms with Crippen molar-refractivity contribution in [3.8, 4) is 0 Å². The van der Waals surface area contributed by atoms with Crippen LogP contribution in [0.1, 0.15) is 25.0 Å². The molecule has 0 aliphatic carbocycles. The highest BCUT2D eigenvalue weighted by atomic mass is 16.5. The number of ether oxygens (including phenoxy) is 1. The van der Waals surface area contributed by atoms with Gasteiger partial charge in [0.1, 0.15) is 24.7 Å². The fourth-order valence-electron chi connectivity index (χ4n) is 2.89. The number of nitrogens with zero attached hydrogens (tertiary/aromatic N) is 3. The number of rotatable bonds is 11. The van der Waals surface area contributed by atoms with Gasteiger partial charge in [-0.2, -0.15) is 0 Å². The van der Waals surface area contributed by atoms with Crippen LogP contribution in [0.3, 0.4) is 0 Å². The molecule has 35 heavy (non-hydrogen) atoms. The molecule has 0 saturated heterocycles. The van der Waals surface area contributed by atoms with Crippen LogP contribution in [0.4, 0.5) is 10.5 Å². The third-order valence-corrected chi connectivity index (χ3v) is 4.84.